The molecular formula is C19H24FN2+. The van der Waals surface area contributed by atoms with E-state index in [1.807, 2.05) is 6.07 Å². The second-order valence-electron chi connectivity index (χ2n) is 6.26. The molecule has 0 bridgehead atoms. The van der Waals surface area contributed by atoms with Gasteiger partial charge in [0.15, 0.2) is 0 Å². The summed E-state index contributed by atoms with van der Waals surface area (Å²) in [6, 6.07) is 13.5. The van der Waals surface area contributed by atoms with Crippen LogP contribution in [0.15, 0.2) is 42.5 Å². The monoisotopic (exact) mass is 299 g/mol. The van der Waals surface area contributed by atoms with E-state index in [0.29, 0.717) is 0 Å². The smallest absolute Gasteiger partial charge is 0.123 e. The average Bonchev–Trinajstić information content (AvgIpc) is 2.51. The van der Waals surface area contributed by atoms with Gasteiger partial charge >= 0.3 is 0 Å². The van der Waals surface area contributed by atoms with Gasteiger partial charge in [0.25, 0.3) is 0 Å². The van der Waals surface area contributed by atoms with Gasteiger partial charge in [-0.3, -0.25) is 0 Å². The molecule has 1 saturated heterocycles. The topological polar surface area (TPSA) is 7.68 Å². The summed E-state index contributed by atoms with van der Waals surface area (Å²) in [7, 11) is 0. The zero-order valence-electron chi connectivity index (χ0n) is 13.4. The maximum absolute atomic E-state index is 13.3. The molecule has 0 unspecified atom stereocenters. The molecule has 0 saturated carbocycles. The lowest BCUT2D eigenvalue weighted by atomic mass is 10.1. The van der Waals surface area contributed by atoms with E-state index in [1.54, 1.807) is 12.1 Å². The normalized spacial score (nSPS) is 16.0. The number of piperazine rings is 1. The number of benzene rings is 2. The van der Waals surface area contributed by atoms with Gasteiger partial charge in [-0.05, 0) is 43.2 Å². The van der Waals surface area contributed by atoms with Crippen molar-refractivity contribution in [3.05, 3.63) is 65.0 Å². The van der Waals surface area contributed by atoms with Crippen molar-refractivity contribution in [3.63, 3.8) is 0 Å². The number of nitrogens with zero attached hydrogens (tertiary/aromatic N) is 1. The van der Waals surface area contributed by atoms with Crippen LogP contribution in [-0.2, 0) is 6.54 Å². The molecule has 0 amide bonds. The largest absolute Gasteiger partial charge is 0.360 e. The Balaban J connectivity index is 1.62. The van der Waals surface area contributed by atoms with E-state index in [9.17, 15) is 4.39 Å². The van der Waals surface area contributed by atoms with E-state index in [1.165, 1.54) is 27.8 Å². The summed E-state index contributed by atoms with van der Waals surface area (Å²) < 4.78 is 13.3. The lowest BCUT2D eigenvalue weighted by Gasteiger charge is -2.34. The molecule has 1 heterocycles. The molecule has 2 aromatic rings. The highest BCUT2D eigenvalue weighted by Gasteiger charge is 2.21. The lowest BCUT2D eigenvalue weighted by Crippen LogP contribution is -3.13. The van der Waals surface area contributed by atoms with Crippen LogP contribution < -0.4 is 9.80 Å². The van der Waals surface area contributed by atoms with Crippen molar-refractivity contribution in [2.45, 2.75) is 20.4 Å². The minimum atomic E-state index is -0.133. The van der Waals surface area contributed by atoms with Crippen molar-refractivity contribution in [2.75, 3.05) is 31.1 Å². The van der Waals surface area contributed by atoms with Gasteiger partial charge in [0.2, 0.25) is 0 Å². The summed E-state index contributed by atoms with van der Waals surface area (Å²) in [5.41, 5.74) is 5.20. The number of halogens is 1. The van der Waals surface area contributed by atoms with E-state index in [4.69, 9.17) is 0 Å². The number of hydrogen-bond donors (Lipinski definition) is 1. The molecule has 0 atom stereocenters. The van der Waals surface area contributed by atoms with E-state index < -0.39 is 0 Å². The maximum atomic E-state index is 13.3. The maximum Gasteiger partial charge on any atom is 0.123 e. The predicted octanol–water partition coefficient (Wildman–Crippen LogP) is 2.35. The molecule has 22 heavy (non-hydrogen) atoms. The Morgan fingerprint density at radius 1 is 1.05 bits per heavy atom. The van der Waals surface area contributed by atoms with Crippen molar-refractivity contribution in [3.8, 4) is 0 Å². The number of quaternary nitrogens is 1. The van der Waals surface area contributed by atoms with Crippen LogP contribution in [0.1, 0.15) is 16.7 Å². The van der Waals surface area contributed by atoms with Gasteiger partial charge in [0, 0.05) is 11.3 Å². The highest BCUT2D eigenvalue weighted by molar-refractivity contribution is 5.56. The highest BCUT2D eigenvalue weighted by Crippen LogP contribution is 2.22. The van der Waals surface area contributed by atoms with Gasteiger partial charge < -0.3 is 9.80 Å². The standard InChI is InChI=1S/C19H23FN2/c1-15-5-3-8-19(16(15)2)22-11-9-21(10-12-22)14-17-6-4-7-18(20)13-17/h3-8,13H,9-12,14H2,1-2H3/p+1. The molecule has 1 N–H and O–H groups in total. The summed E-state index contributed by atoms with van der Waals surface area (Å²) >= 11 is 0. The molecule has 0 radical (unpaired) electrons. The van der Waals surface area contributed by atoms with E-state index in [-0.39, 0.29) is 5.82 Å². The Bertz CT molecular complexity index is 646. The molecule has 116 valence electrons. The molecule has 2 aromatic carbocycles. The first-order valence-corrected chi connectivity index (χ1v) is 8.02. The third-order valence-corrected chi connectivity index (χ3v) is 4.73. The Hall–Kier alpha value is -1.87. The third-order valence-electron chi connectivity index (χ3n) is 4.73. The van der Waals surface area contributed by atoms with Gasteiger partial charge in [0.05, 0.1) is 26.2 Å². The molecule has 0 aliphatic carbocycles. The quantitative estimate of drug-likeness (QED) is 0.914. The Morgan fingerprint density at radius 3 is 2.50 bits per heavy atom. The fourth-order valence-electron chi connectivity index (χ4n) is 3.25. The molecule has 2 nitrogen and oxygen atoms in total. The van der Waals surface area contributed by atoms with Gasteiger partial charge in [-0.15, -0.1) is 0 Å². The fraction of sp³-hybridized carbons (Fsp3) is 0.368. The van der Waals surface area contributed by atoms with Crippen molar-refractivity contribution >= 4 is 5.69 Å². The number of anilines is 1. The van der Waals surface area contributed by atoms with Crippen molar-refractivity contribution < 1.29 is 9.29 Å². The molecule has 0 spiro atoms. The molecule has 3 rings (SSSR count). The van der Waals surface area contributed by atoms with Crippen LogP contribution in [0.4, 0.5) is 10.1 Å². The third kappa shape index (κ3) is 3.30. The number of rotatable bonds is 3. The number of hydrogen-bond acceptors (Lipinski definition) is 1. The van der Waals surface area contributed by atoms with Crippen molar-refractivity contribution in [1.29, 1.82) is 0 Å². The predicted molar refractivity (Wildman–Crippen MR) is 88.9 cm³/mol. The van der Waals surface area contributed by atoms with Gasteiger partial charge in [-0.2, -0.15) is 0 Å². The Morgan fingerprint density at radius 2 is 1.77 bits per heavy atom. The molecule has 3 heteroatoms. The van der Waals surface area contributed by atoms with Crippen LogP contribution in [0.3, 0.4) is 0 Å². The minimum absolute atomic E-state index is 0.133. The second kappa shape index (κ2) is 6.49. The van der Waals surface area contributed by atoms with Crippen LogP contribution >= 0.6 is 0 Å². The summed E-state index contributed by atoms with van der Waals surface area (Å²) in [6.07, 6.45) is 0. The fourth-order valence-corrected chi connectivity index (χ4v) is 3.25. The van der Waals surface area contributed by atoms with E-state index >= 15 is 0 Å². The first kappa shape index (κ1) is 15.0. The summed E-state index contributed by atoms with van der Waals surface area (Å²) in [5, 5.41) is 0. The SMILES string of the molecule is Cc1cccc(N2CC[NH+](Cc3cccc(F)c3)CC2)c1C. The van der Waals surface area contributed by atoms with Crippen LogP contribution in [-0.4, -0.2) is 26.2 Å². The van der Waals surface area contributed by atoms with Crippen molar-refractivity contribution in [1.82, 2.24) is 0 Å². The molecule has 1 aliphatic rings. The zero-order chi connectivity index (χ0) is 15.5. The second-order valence-corrected chi connectivity index (χ2v) is 6.26. The van der Waals surface area contributed by atoms with Gasteiger partial charge in [-0.25, -0.2) is 4.39 Å². The highest BCUT2D eigenvalue weighted by atomic mass is 19.1. The first-order chi connectivity index (χ1) is 10.6. The van der Waals surface area contributed by atoms with E-state index in [2.05, 4.69) is 36.9 Å². The van der Waals surface area contributed by atoms with Crippen LogP contribution in [0, 0.1) is 19.7 Å². The van der Waals surface area contributed by atoms with Crippen LogP contribution in [0.25, 0.3) is 0 Å². The zero-order valence-corrected chi connectivity index (χ0v) is 13.4. The Labute approximate surface area is 132 Å². The van der Waals surface area contributed by atoms with Crippen LogP contribution in [0.2, 0.25) is 0 Å². The summed E-state index contributed by atoms with van der Waals surface area (Å²) in [6.45, 7) is 9.62. The molecule has 1 aliphatic heterocycles. The summed E-state index contributed by atoms with van der Waals surface area (Å²) in [5.74, 6) is -0.133. The number of aryl methyl sites for hydroxylation is 1. The van der Waals surface area contributed by atoms with Gasteiger partial charge in [-0.1, -0.05) is 24.3 Å². The molecule has 0 aromatic heterocycles. The molecular weight excluding hydrogens is 275 g/mol. The Kier molecular flexibility index (Phi) is 4.44. The minimum Gasteiger partial charge on any atom is -0.360 e. The van der Waals surface area contributed by atoms with Crippen LogP contribution in [0.5, 0.6) is 0 Å². The summed E-state index contributed by atoms with van der Waals surface area (Å²) in [4.78, 5) is 4.02. The molecule has 1 fully saturated rings. The van der Waals surface area contributed by atoms with Gasteiger partial charge in [0.1, 0.15) is 12.4 Å². The first-order valence-electron chi connectivity index (χ1n) is 8.02. The average molecular weight is 299 g/mol. The van der Waals surface area contributed by atoms with Crippen molar-refractivity contribution in [2.24, 2.45) is 0 Å². The van der Waals surface area contributed by atoms with E-state index in [0.717, 1.165) is 38.3 Å². The number of nitrogens with one attached hydrogen (secondary N) is 1. The lowest BCUT2D eigenvalue weighted by molar-refractivity contribution is -0.914.